The van der Waals surface area contributed by atoms with Gasteiger partial charge < -0.3 is 9.13 Å². The van der Waals surface area contributed by atoms with E-state index in [1.54, 1.807) is 6.07 Å². The smallest absolute Gasteiger partial charge is 0.0587 e. The van der Waals surface area contributed by atoms with Crippen LogP contribution in [0.4, 0.5) is 0 Å². The van der Waals surface area contributed by atoms with E-state index in [1.807, 2.05) is 0 Å². The number of benzene rings is 8. The summed E-state index contributed by atoms with van der Waals surface area (Å²) in [5.74, 6) is 0. The zero-order chi connectivity index (χ0) is 34.0. The fraction of sp³-hybridized carbons (Fsp3) is 0.0426. The largest absolute Gasteiger partial charge is 0.344 e. The topological polar surface area (TPSA) is 33.6 Å². The van der Waals surface area contributed by atoms with Crippen molar-refractivity contribution < 1.29 is 0 Å². The molecule has 0 spiro atoms. The molecule has 0 aliphatic heterocycles. The van der Waals surface area contributed by atoms with Crippen LogP contribution in [-0.2, 0) is 7.05 Å². The van der Waals surface area contributed by atoms with Gasteiger partial charge in [-0.15, -0.1) is 0 Å². The molecule has 3 nitrogen and oxygen atoms in total. The molecule has 10 rings (SSSR count). The minimum absolute atomic E-state index is 1.19. The highest BCUT2D eigenvalue weighted by atomic mass is 15.0. The summed E-state index contributed by atoms with van der Waals surface area (Å²) in [6, 6.07) is 64.8. The van der Waals surface area contributed by atoms with Crippen LogP contribution >= 0.6 is 0 Å². The van der Waals surface area contributed by atoms with Crippen LogP contribution in [0.3, 0.4) is 0 Å². The van der Waals surface area contributed by atoms with Crippen molar-refractivity contribution in [3.63, 3.8) is 0 Å². The molecule has 0 bridgehead atoms. The minimum Gasteiger partial charge on any atom is -0.344 e. The van der Waals surface area contributed by atoms with Gasteiger partial charge >= 0.3 is 0 Å². The van der Waals surface area contributed by atoms with Crippen LogP contribution < -0.4 is 0 Å². The Bertz CT molecular complexity index is 2790. The summed E-state index contributed by atoms with van der Waals surface area (Å²) >= 11 is 0. The van der Waals surface area contributed by atoms with Crippen LogP contribution in [0.15, 0.2) is 176 Å². The third kappa shape index (κ3) is 5.34. The van der Waals surface area contributed by atoms with E-state index in [4.69, 9.17) is 5.26 Å². The fourth-order valence-electron chi connectivity index (χ4n) is 7.31. The van der Waals surface area contributed by atoms with Gasteiger partial charge in [0.15, 0.2) is 0 Å². The summed E-state index contributed by atoms with van der Waals surface area (Å²) in [6.07, 6.45) is 0. The number of hydrogen-bond donors (Lipinski definition) is 0. The number of fused-ring (bicyclic) bond motifs is 9. The molecule has 2 heterocycles. The van der Waals surface area contributed by atoms with Crippen molar-refractivity contribution in [3.05, 3.63) is 176 Å². The lowest BCUT2D eigenvalue weighted by Gasteiger charge is -2.08. The number of hydrogen-bond acceptors (Lipinski definition) is 1. The van der Waals surface area contributed by atoms with Gasteiger partial charge in [0.25, 0.3) is 0 Å². The minimum atomic E-state index is 1.19. The van der Waals surface area contributed by atoms with Gasteiger partial charge in [-0.2, -0.15) is 5.26 Å². The van der Waals surface area contributed by atoms with E-state index in [0.29, 0.717) is 0 Å². The highest BCUT2D eigenvalue weighted by Gasteiger charge is 2.14. The zero-order valence-corrected chi connectivity index (χ0v) is 28.1. The van der Waals surface area contributed by atoms with E-state index in [-0.39, 0.29) is 0 Å². The van der Waals surface area contributed by atoms with Crippen molar-refractivity contribution in [2.75, 3.05) is 0 Å². The second-order valence-electron chi connectivity index (χ2n) is 12.5. The summed E-state index contributed by atoms with van der Waals surface area (Å²) in [6.45, 7) is 1.43. The molecule has 2 aromatic heterocycles. The van der Waals surface area contributed by atoms with E-state index in [2.05, 4.69) is 192 Å². The highest BCUT2D eigenvalue weighted by Crippen LogP contribution is 2.37. The van der Waals surface area contributed by atoms with E-state index in [1.165, 1.54) is 88.9 Å². The van der Waals surface area contributed by atoms with Crippen molar-refractivity contribution in [1.29, 1.82) is 5.26 Å². The summed E-state index contributed by atoms with van der Waals surface area (Å²) in [7, 11) is 2.15. The standard InChI is InChI=1S/C31H22N2.C14H10.C2H3N/c1-32-28-13-7-5-11-24(28)26-19-21(15-17-29(26)32)22-16-18-31-27(20-22)25-12-6-8-14-30(25)33(31)23-9-3-2-4-10-23;1-3-7-13-11(5-1)9-10-12-6-2-4-8-14(12)13;1-2-3/h2-20H,1H3;1-10H;1H3. The molecule has 0 aliphatic rings. The van der Waals surface area contributed by atoms with Crippen molar-refractivity contribution in [2.45, 2.75) is 6.92 Å². The molecule has 0 radical (unpaired) electrons. The SMILES string of the molecule is CC#N.Cn1c2ccccc2c2cc(-c3ccc4c(c3)c3ccccc3n4-c3ccccc3)ccc21.c1ccc2c(c1)ccc1ccccc12. The van der Waals surface area contributed by atoms with E-state index >= 15 is 0 Å². The van der Waals surface area contributed by atoms with Gasteiger partial charge in [0.2, 0.25) is 0 Å². The number of rotatable bonds is 2. The van der Waals surface area contributed by atoms with Crippen LogP contribution in [0.1, 0.15) is 6.92 Å². The zero-order valence-electron chi connectivity index (χ0n) is 28.1. The fourth-order valence-corrected chi connectivity index (χ4v) is 7.31. The second-order valence-corrected chi connectivity index (χ2v) is 12.5. The van der Waals surface area contributed by atoms with Crippen LogP contribution in [0.5, 0.6) is 0 Å². The van der Waals surface area contributed by atoms with Gasteiger partial charge in [0.1, 0.15) is 0 Å². The van der Waals surface area contributed by atoms with Crippen LogP contribution in [-0.4, -0.2) is 9.13 Å². The first kappa shape index (κ1) is 30.7. The molecular formula is C47H35N3. The predicted octanol–water partition coefficient (Wildman–Crippen LogP) is 12.6. The van der Waals surface area contributed by atoms with Gasteiger partial charge in [-0.1, -0.05) is 127 Å². The first-order valence-electron chi connectivity index (χ1n) is 16.9. The van der Waals surface area contributed by atoms with Gasteiger partial charge in [0.05, 0.1) is 17.1 Å². The Balaban J connectivity index is 0.000000176. The number of nitrogens with zero attached hydrogens (tertiary/aromatic N) is 3. The van der Waals surface area contributed by atoms with Crippen molar-refractivity contribution >= 4 is 65.2 Å². The van der Waals surface area contributed by atoms with Gasteiger partial charge in [-0.3, -0.25) is 0 Å². The molecule has 0 atom stereocenters. The summed E-state index contributed by atoms with van der Waals surface area (Å²) in [5.41, 5.74) is 8.68. The normalized spacial score (nSPS) is 11.0. The molecule has 50 heavy (non-hydrogen) atoms. The average Bonchev–Trinajstić information content (AvgIpc) is 3.67. The maximum atomic E-state index is 7.32. The molecule has 0 N–H and O–H groups in total. The molecule has 10 aromatic rings. The summed E-state index contributed by atoms with van der Waals surface area (Å²) in [4.78, 5) is 0. The third-order valence-electron chi connectivity index (χ3n) is 9.59. The number of aromatic nitrogens is 2. The summed E-state index contributed by atoms with van der Waals surface area (Å²) < 4.78 is 4.65. The Morgan fingerprint density at radius 3 is 1.40 bits per heavy atom. The lowest BCUT2D eigenvalue weighted by Crippen LogP contribution is -1.92. The van der Waals surface area contributed by atoms with Crippen LogP contribution in [0, 0.1) is 11.3 Å². The molecule has 238 valence electrons. The van der Waals surface area contributed by atoms with E-state index in [9.17, 15) is 0 Å². The van der Waals surface area contributed by atoms with Crippen molar-refractivity contribution in [2.24, 2.45) is 7.05 Å². The maximum absolute atomic E-state index is 7.32. The summed E-state index contributed by atoms with van der Waals surface area (Å²) in [5, 5.41) is 17.8. The van der Waals surface area contributed by atoms with Crippen LogP contribution in [0.2, 0.25) is 0 Å². The molecule has 0 saturated carbocycles. The monoisotopic (exact) mass is 641 g/mol. The molecule has 3 heteroatoms. The quantitative estimate of drug-likeness (QED) is 0.173. The molecule has 8 aromatic carbocycles. The Morgan fingerprint density at radius 1 is 0.400 bits per heavy atom. The van der Waals surface area contributed by atoms with E-state index < -0.39 is 0 Å². The van der Waals surface area contributed by atoms with Gasteiger partial charge in [-0.25, -0.2) is 0 Å². The molecular weight excluding hydrogens is 607 g/mol. The lowest BCUT2D eigenvalue weighted by molar-refractivity contribution is 1.01. The number of aryl methyl sites for hydroxylation is 1. The Kier molecular flexibility index (Phi) is 8.05. The molecule has 0 aliphatic carbocycles. The van der Waals surface area contributed by atoms with E-state index in [0.717, 1.165) is 0 Å². The van der Waals surface area contributed by atoms with Crippen LogP contribution in [0.25, 0.3) is 82.0 Å². The number of para-hydroxylation sites is 3. The van der Waals surface area contributed by atoms with Gasteiger partial charge in [0, 0.05) is 52.2 Å². The Morgan fingerprint density at radius 2 is 0.800 bits per heavy atom. The Hall–Kier alpha value is -6.63. The van der Waals surface area contributed by atoms with Crippen molar-refractivity contribution in [3.8, 4) is 22.9 Å². The average molecular weight is 642 g/mol. The molecule has 0 fully saturated rings. The molecule has 0 unspecified atom stereocenters. The van der Waals surface area contributed by atoms with Gasteiger partial charge in [-0.05, 0) is 81.2 Å². The maximum Gasteiger partial charge on any atom is 0.0587 e. The molecule has 0 amide bonds. The third-order valence-corrected chi connectivity index (χ3v) is 9.59. The van der Waals surface area contributed by atoms with Crippen molar-refractivity contribution in [1.82, 2.24) is 9.13 Å². The highest BCUT2D eigenvalue weighted by molar-refractivity contribution is 6.12. The number of nitriles is 1. The second kappa shape index (κ2) is 13.1. The first-order valence-corrected chi connectivity index (χ1v) is 16.9. The lowest BCUT2D eigenvalue weighted by atomic mass is 10.0. The molecule has 0 saturated heterocycles. The first-order chi connectivity index (χ1) is 24.7. The Labute approximate surface area is 291 Å². The predicted molar refractivity (Wildman–Crippen MR) is 213 cm³/mol.